The molecular weight excluding hydrogens is 495 g/mol. The summed E-state index contributed by atoms with van der Waals surface area (Å²) in [6.07, 6.45) is 1.79. The molecule has 5 nitrogen and oxygen atoms in total. The third kappa shape index (κ3) is 3.68. The minimum absolute atomic E-state index is 0.386. The molecule has 0 amide bonds. The lowest BCUT2D eigenvalue weighted by molar-refractivity contribution is 0.392. The standard InChI is InChI=1S/C27H27N2O3PS2/c1-5-29(6-2)23-16-21-27(35-23)25(24-18(31-3)13-10-14-19(24)32-4)26-20(15-22(28)34-26)33(21,30)17-11-8-7-9-12-17/h7-16,28H,5-6H2,1-4H3. The number of benzene rings is 2. The zero-order valence-electron chi connectivity index (χ0n) is 20.1. The van der Waals surface area contributed by atoms with Crippen molar-refractivity contribution < 1.29 is 14.0 Å². The molecule has 3 heterocycles. The molecule has 1 unspecified atom stereocenters. The Bertz CT molecular complexity index is 1400. The highest BCUT2D eigenvalue weighted by atomic mass is 32.2. The van der Waals surface area contributed by atoms with Gasteiger partial charge in [0.05, 0.1) is 29.8 Å². The van der Waals surface area contributed by atoms with Crippen molar-refractivity contribution in [2.24, 2.45) is 0 Å². The monoisotopic (exact) mass is 522 g/mol. The van der Waals surface area contributed by atoms with E-state index in [-0.39, 0.29) is 0 Å². The van der Waals surface area contributed by atoms with Crippen LogP contribution in [-0.2, 0) is 4.57 Å². The summed E-state index contributed by atoms with van der Waals surface area (Å²) in [5, 5.41) is 12.3. The van der Waals surface area contributed by atoms with Crippen LogP contribution in [0.5, 0.6) is 11.5 Å². The number of nitrogens with zero attached hydrogens (tertiary/aromatic N) is 1. The number of thioether (sulfide) groups is 1. The molecule has 2 aliphatic rings. The summed E-state index contributed by atoms with van der Waals surface area (Å²) in [6.45, 7) is 5.99. The Morgan fingerprint density at radius 1 is 0.971 bits per heavy atom. The van der Waals surface area contributed by atoms with E-state index in [1.807, 2.05) is 48.5 Å². The molecular formula is C27H27N2O3PS2. The molecule has 5 rings (SSSR count). The number of anilines is 1. The second-order valence-corrected chi connectivity index (χ2v) is 12.9. The molecule has 35 heavy (non-hydrogen) atoms. The Kier molecular flexibility index (Phi) is 6.43. The van der Waals surface area contributed by atoms with Crippen molar-refractivity contribution in [3.05, 3.63) is 81.3 Å². The second kappa shape index (κ2) is 9.38. The summed E-state index contributed by atoms with van der Waals surface area (Å²) in [5.41, 5.74) is 1.76. The maximum Gasteiger partial charge on any atom is 0.173 e. The van der Waals surface area contributed by atoms with Gasteiger partial charge >= 0.3 is 0 Å². The molecule has 0 fully saturated rings. The minimum atomic E-state index is -3.20. The van der Waals surface area contributed by atoms with Gasteiger partial charge in [-0.1, -0.05) is 48.2 Å². The molecule has 1 aromatic heterocycles. The molecule has 0 aliphatic carbocycles. The fraction of sp³-hybridized carbons (Fsp3) is 0.222. The van der Waals surface area contributed by atoms with Crippen LogP contribution in [0.15, 0.2) is 70.9 Å². The van der Waals surface area contributed by atoms with Crippen molar-refractivity contribution in [3.63, 3.8) is 0 Å². The molecule has 2 aliphatic heterocycles. The quantitative estimate of drug-likeness (QED) is 0.369. The van der Waals surface area contributed by atoms with Gasteiger partial charge in [-0.25, -0.2) is 0 Å². The van der Waals surface area contributed by atoms with Crippen molar-refractivity contribution in [3.8, 4) is 11.5 Å². The third-order valence-corrected chi connectivity index (χ3v) is 12.0. The van der Waals surface area contributed by atoms with Crippen molar-refractivity contribution in [1.29, 1.82) is 5.41 Å². The van der Waals surface area contributed by atoms with Gasteiger partial charge in [-0.3, -0.25) is 5.41 Å². The molecule has 2 aromatic carbocycles. The molecule has 0 radical (unpaired) electrons. The van der Waals surface area contributed by atoms with E-state index in [1.165, 1.54) is 11.8 Å². The number of hydrogen-bond donors (Lipinski definition) is 1. The zero-order chi connectivity index (χ0) is 24.7. The lowest BCUT2D eigenvalue weighted by atomic mass is 10.0. The van der Waals surface area contributed by atoms with Crippen LogP contribution < -0.4 is 25.0 Å². The number of rotatable bonds is 7. The summed E-state index contributed by atoms with van der Waals surface area (Å²) in [6, 6.07) is 17.5. The summed E-state index contributed by atoms with van der Waals surface area (Å²) < 4.78 is 26.8. The van der Waals surface area contributed by atoms with Gasteiger partial charge in [-0.05, 0) is 38.1 Å². The summed E-state index contributed by atoms with van der Waals surface area (Å²) in [7, 11) is 0.104. The predicted octanol–water partition coefficient (Wildman–Crippen LogP) is 6.31. The number of thiophene rings is 1. The van der Waals surface area contributed by atoms with Gasteiger partial charge in [0.1, 0.15) is 11.5 Å². The van der Waals surface area contributed by atoms with Crippen LogP contribution in [0.1, 0.15) is 24.3 Å². The third-order valence-electron chi connectivity index (χ3n) is 6.42. The van der Waals surface area contributed by atoms with Crippen molar-refractivity contribution >= 4 is 56.5 Å². The SMILES string of the molecule is CCN(CC)c1cc2c(s1)C(c1c(OC)cccc1OC)=C1SC(=N)C=C1P2(=O)c1ccccc1. The fourth-order valence-electron chi connectivity index (χ4n) is 4.74. The van der Waals surface area contributed by atoms with E-state index < -0.39 is 7.14 Å². The van der Waals surface area contributed by atoms with E-state index in [0.29, 0.717) is 16.5 Å². The molecule has 3 aromatic rings. The molecule has 0 saturated carbocycles. The number of ether oxygens (including phenoxy) is 2. The summed E-state index contributed by atoms with van der Waals surface area (Å²) in [4.78, 5) is 4.10. The van der Waals surface area contributed by atoms with Gasteiger partial charge in [-0.15, -0.1) is 11.3 Å². The Morgan fingerprint density at radius 3 is 2.23 bits per heavy atom. The van der Waals surface area contributed by atoms with Crippen LogP contribution >= 0.6 is 30.2 Å². The Labute approximate surface area is 214 Å². The number of nitrogens with one attached hydrogen (secondary N) is 1. The van der Waals surface area contributed by atoms with Crippen LogP contribution in [0.3, 0.4) is 0 Å². The first-order chi connectivity index (χ1) is 17.0. The first-order valence-electron chi connectivity index (χ1n) is 11.5. The normalized spacial score (nSPS) is 18.7. The average molecular weight is 523 g/mol. The second-order valence-electron chi connectivity index (χ2n) is 8.15. The number of fused-ring (bicyclic) bond motifs is 2. The van der Waals surface area contributed by atoms with Crippen molar-refractivity contribution in [1.82, 2.24) is 0 Å². The van der Waals surface area contributed by atoms with E-state index in [1.54, 1.807) is 31.6 Å². The highest BCUT2D eigenvalue weighted by Gasteiger charge is 2.47. The van der Waals surface area contributed by atoms with Crippen LogP contribution in [0.25, 0.3) is 5.57 Å². The highest BCUT2D eigenvalue weighted by molar-refractivity contribution is 8.19. The van der Waals surface area contributed by atoms with Gasteiger partial charge in [0.15, 0.2) is 7.14 Å². The first kappa shape index (κ1) is 24.0. The van der Waals surface area contributed by atoms with Gasteiger partial charge < -0.3 is 18.9 Å². The summed E-state index contributed by atoms with van der Waals surface area (Å²) >= 11 is 3.02. The summed E-state index contributed by atoms with van der Waals surface area (Å²) in [5.74, 6) is 1.37. The Hall–Kier alpha value is -2.73. The average Bonchev–Trinajstić information content (AvgIpc) is 3.50. The predicted molar refractivity (Wildman–Crippen MR) is 150 cm³/mol. The largest absolute Gasteiger partial charge is 0.496 e. The zero-order valence-corrected chi connectivity index (χ0v) is 22.7. The minimum Gasteiger partial charge on any atom is -0.496 e. The van der Waals surface area contributed by atoms with Crippen LogP contribution in [-0.4, -0.2) is 32.4 Å². The van der Waals surface area contributed by atoms with Crippen molar-refractivity contribution in [2.75, 3.05) is 32.2 Å². The van der Waals surface area contributed by atoms with Crippen molar-refractivity contribution in [2.45, 2.75) is 13.8 Å². The number of hydrogen-bond acceptors (Lipinski definition) is 7. The molecule has 1 N–H and O–H groups in total. The topological polar surface area (TPSA) is 62.6 Å². The lowest BCUT2D eigenvalue weighted by Crippen LogP contribution is -2.23. The molecule has 0 saturated heterocycles. The Balaban J connectivity index is 1.91. The Morgan fingerprint density at radius 2 is 1.63 bits per heavy atom. The van der Waals surface area contributed by atoms with Gasteiger partial charge in [0.2, 0.25) is 0 Å². The number of allylic oxidation sites excluding steroid dienone is 1. The molecule has 180 valence electrons. The van der Waals surface area contributed by atoms with E-state index >= 15 is 4.57 Å². The number of methoxy groups -OCH3 is 2. The maximum absolute atomic E-state index is 15.2. The smallest absolute Gasteiger partial charge is 0.173 e. The van der Waals surface area contributed by atoms with Crippen LogP contribution in [0.4, 0.5) is 5.00 Å². The molecule has 8 heteroatoms. The van der Waals surface area contributed by atoms with E-state index in [9.17, 15) is 0 Å². The van der Waals surface area contributed by atoms with Crippen LogP contribution in [0.2, 0.25) is 0 Å². The van der Waals surface area contributed by atoms with Gasteiger partial charge in [0.25, 0.3) is 0 Å². The lowest BCUT2D eigenvalue weighted by Gasteiger charge is -2.29. The van der Waals surface area contributed by atoms with E-state index in [0.717, 1.165) is 54.9 Å². The maximum atomic E-state index is 15.2. The van der Waals surface area contributed by atoms with Gasteiger partial charge in [-0.2, -0.15) is 0 Å². The molecule has 0 bridgehead atoms. The fourth-order valence-corrected chi connectivity index (χ4v) is 11.0. The van der Waals surface area contributed by atoms with E-state index in [2.05, 4.69) is 24.8 Å². The highest BCUT2D eigenvalue weighted by Crippen LogP contribution is 2.67. The first-order valence-corrected chi connectivity index (χ1v) is 14.8. The van der Waals surface area contributed by atoms with Gasteiger partial charge in [0, 0.05) is 44.4 Å². The van der Waals surface area contributed by atoms with Crippen LogP contribution in [0, 0.1) is 5.41 Å². The molecule has 0 spiro atoms. The molecule has 1 atom stereocenters. The van der Waals surface area contributed by atoms with E-state index in [4.69, 9.17) is 14.9 Å².